The minimum atomic E-state index is -0.106. The summed E-state index contributed by atoms with van der Waals surface area (Å²) in [6.45, 7) is 6.42. The lowest BCUT2D eigenvalue weighted by Crippen LogP contribution is -2.45. The Kier molecular flexibility index (Phi) is 5.98. The Bertz CT molecular complexity index is 851. The third-order valence-corrected chi connectivity index (χ3v) is 5.08. The van der Waals surface area contributed by atoms with Gasteiger partial charge in [-0.15, -0.1) is 0 Å². The Hall–Kier alpha value is -2.88. The highest BCUT2D eigenvalue weighted by Crippen LogP contribution is 2.34. The van der Waals surface area contributed by atoms with E-state index in [2.05, 4.69) is 37.5 Å². The zero-order valence-corrected chi connectivity index (χ0v) is 16.7. The second-order valence-electron chi connectivity index (χ2n) is 8.29. The number of carbonyl (C=O) groups excluding carboxylic acids is 2. The first-order chi connectivity index (χ1) is 13.3. The van der Waals surface area contributed by atoms with Gasteiger partial charge in [0, 0.05) is 17.2 Å². The van der Waals surface area contributed by atoms with Gasteiger partial charge in [0.1, 0.15) is 0 Å². The van der Waals surface area contributed by atoms with E-state index in [9.17, 15) is 9.59 Å². The van der Waals surface area contributed by atoms with Gasteiger partial charge in [-0.3, -0.25) is 9.59 Å². The van der Waals surface area contributed by atoms with Crippen LogP contribution < -0.4 is 10.6 Å². The SMILES string of the molecule is CC(C)(C)C1=CC(NC(=O)c2ccccc2)CCC1NC(=O)c1ccccc1. The lowest BCUT2D eigenvalue weighted by Gasteiger charge is -2.36. The molecule has 1 aliphatic rings. The van der Waals surface area contributed by atoms with E-state index in [0.29, 0.717) is 11.1 Å². The summed E-state index contributed by atoms with van der Waals surface area (Å²) in [5.41, 5.74) is 2.37. The van der Waals surface area contributed by atoms with Crippen molar-refractivity contribution in [1.29, 1.82) is 0 Å². The number of hydrogen-bond acceptors (Lipinski definition) is 2. The molecule has 4 heteroatoms. The van der Waals surface area contributed by atoms with E-state index in [4.69, 9.17) is 0 Å². The van der Waals surface area contributed by atoms with Crippen LogP contribution in [0.15, 0.2) is 72.3 Å². The van der Waals surface area contributed by atoms with E-state index in [-0.39, 0.29) is 29.3 Å². The third-order valence-electron chi connectivity index (χ3n) is 5.08. The molecule has 2 unspecified atom stereocenters. The molecule has 0 heterocycles. The molecule has 2 aromatic rings. The predicted octanol–water partition coefficient (Wildman–Crippen LogP) is 4.35. The summed E-state index contributed by atoms with van der Waals surface area (Å²) in [6, 6.07) is 18.5. The minimum absolute atomic E-state index is 0.0300. The minimum Gasteiger partial charge on any atom is -0.346 e. The van der Waals surface area contributed by atoms with E-state index in [0.717, 1.165) is 18.4 Å². The number of nitrogens with one attached hydrogen (secondary N) is 2. The number of hydrogen-bond donors (Lipinski definition) is 2. The summed E-state index contributed by atoms with van der Waals surface area (Å²) in [5, 5.41) is 6.29. The van der Waals surface area contributed by atoms with E-state index in [1.165, 1.54) is 0 Å². The first-order valence-electron chi connectivity index (χ1n) is 9.78. The summed E-state index contributed by atoms with van der Waals surface area (Å²) >= 11 is 0. The number of carbonyl (C=O) groups is 2. The molecule has 146 valence electrons. The van der Waals surface area contributed by atoms with Gasteiger partial charge in [-0.05, 0) is 48.1 Å². The highest BCUT2D eigenvalue weighted by Gasteiger charge is 2.32. The normalized spacial score (nSPS) is 19.5. The quantitative estimate of drug-likeness (QED) is 0.780. The molecule has 0 spiro atoms. The van der Waals surface area contributed by atoms with Crippen LogP contribution in [0, 0.1) is 5.41 Å². The molecule has 2 N–H and O–H groups in total. The van der Waals surface area contributed by atoms with Gasteiger partial charge in [0.05, 0.1) is 6.04 Å². The van der Waals surface area contributed by atoms with Crippen molar-refractivity contribution in [2.75, 3.05) is 0 Å². The lowest BCUT2D eigenvalue weighted by atomic mass is 9.76. The maximum Gasteiger partial charge on any atom is 0.251 e. The van der Waals surface area contributed by atoms with Crippen molar-refractivity contribution in [3.05, 3.63) is 83.4 Å². The van der Waals surface area contributed by atoms with Crippen LogP contribution in [0.3, 0.4) is 0 Å². The Balaban J connectivity index is 1.74. The molecule has 1 aliphatic carbocycles. The zero-order valence-electron chi connectivity index (χ0n) is 16.7. The Morgan fingerprint density at radius 1 is 0.786 bits per heavy atom. The molecule has 4 nitrogen and oxygen atoms in total. The van der Waals surface area contributed by atoms with Crippen LogP contribution in [0.5, 0.6) is 0 Å². The van der Waals surface area contributed by atoms with Crippen LogP contribution in [0.2, 0.25) is 0 Å². The van der Waals surface area contributed by atoms with Crippen LogP contribution in [0.25, 0.3) is 0 Å². The highest BCUT2D eigenvalue weighted by atomic mass is 16.2. The fourth-order valence-corrected chi connectivity index (χ4v) is 3.63. The van der Waals surface area contributed by atoms with E-state index >= 15 is 0 Å². The van der Waals surface area contributed by atoms with Crippen molar-refractivity contribution in [1.82, 2.24) is 10.6 Å². The zero-order chi connectivity index (χ0) is 20.1. The highest BCUT2D eigenvalue weighted by molar-refractivity contribution is 5.95. The smallest absolute Gasteiger partial charge is 0.251 e. The maximum atomic E-state index is 12.6. The van der Waals surface area contributed by atoms with Gasteiger partial charge in [0.15, 0.2) is 0 Å². The van der Waals surface area contributed by atoms with Crippen LogP contribution in [-0.4, -0.2) is 23.9 Å². The summed E-state index contributed by atoms with van der Waals surface area (Å²) in [6.07, 6.45) is 3.71. The molecule has 0 bridgehead atoms. The Morgan fingerprint density at radius 2 is 1.29 bits per heavy atom. The third kappa shape index (κ3) is 4.89. The van der Waals surface area contributed by atoms with Crippen LogP contribution in [0.4, 0.5) is 0 Å². The van der Waals surface area contributed by atoms with Gasteiger partial charge in [-0.25, -0.2) is 0 Å². The molecule has 0 saturated carbocycles. The molecule has 0 saturated heterocycles. The molecule has 0 fully saturated rings. The van der Waals surface area contributed by atoms with Crippen molar-refractivity contribution in [3.8, 4) is 0 Å². The fourth-order valence-electron chi connectivity index (χ4n) is 3.63. The number of rotatable bonds is 4. The van der Waals surface area contributed by atoms with Gasteiger partial charge in [-0.1, -0.05) is 63.2 Å². The molecular weight excluding hydrogens is 348 g/mol. The molecule has 2 atom stereocenters. The monoisotopic (exact) mass is 376 g/mol. The van der Waals surface area contributed by atoms with Crippen LogP contribution in [-0.2, 0) is 0 Å². The summed E-state index contributed by atoms with van der Waals surface area (Å²) < 4.78 is 0. The first kappa shape index (κ1) is 19.9. The fraction of sp³-hybridized carbons (Fsp3) is 0.333. The van der Waals surface area contributed by atoms with E-state index in [1.54, 1.807) is 0 Å². The second-order valence-corrected chi connectivity index (χ2v) is 8.29. The number of amides is 2. The second kappa shape index (κ2) is 8.42. The van der Waals surface area contributed by atoms with Crippen molar-refractivity contribution in [3.63, 3.8) is 0 Å². The molecule has 2 amide bonds. The molecule has 0 aliphatic heterocycles. The van der Waals surface area contributed by atoms with Gasteiger partial charge in [0.2, 0.25) is 0 Å². The average molecular weight is 377 g/mol. The molecule has 2 aromatic carbocycles. The standard InChI is InChI=1S/C24H28N2O2/c1-24(2,3)20-16-19(25-22(27)17-10-6-4-7-11-17)14-15-21(20)26-23(28)18-12-8-5-9-13-18/h4-13,16,19,21H,14-15H2,1-3H3,(H,25,27)(H,26,28). The molecule has 0 aromatic heterocycles. The summed E-state index contributed by atoms with van der Waals surface area (Å²) in [4.78, 5) is 25.1. The summed E-state index contributed by atoms with van der Waals surface area (Å²) in [5.74, 6) is -0.130. The van der Waals surface area contributed by atoms with Crippen molar-refractivity contribution in [2.45, 2.75) is 45.7 Å². The van der Waals surface area contributed by atoms with Crippen LogP contribution >= 0.6 is 0 Å². The maximum absolute atomic E-state index is 12.6. The summed E-state index contributed by atoms with van der Waals surface area (Å²) in [7, 11) is 0. The van der Waals surface area contributed by atoms with Crippen molar-refractivity contribution >= 4 is 11.8 Å². The Labute approximate surface area is 167 Å². The predicted molar refractivity (Wildman–Crippen MR) is 112 cm³/mol. The molecular formula is C24H28N2O2. The first-order valence-corrected chi connectivity index (χ1v) is 9.78. The number of benzene rings is 2. The lowest BCUT2D eigenvalue weighted by molar-refractivity contribution is 0.0916. The largest absolute Gasteiger partial charge is 0.346 e. The van der Waals surface area contributed by atoms with Gasteiger partial charge in [0.25, 0.3) is 11.8 Å². The topological polar surface area (TPSA) is 58.2 Å². The average Bonchev–Trinajstić information content (AvgIpc) is 2.69. The van der Waals surface area contributed by atoms with E-state index < -0.39 is 0 Å². The van der Waals surface area contributed by atoms with E-state index in [1.807, 2.05) is 60.7 Å². The molecule has 3 rings (SSSR count). The van der Waals surface area contributed by atoms with Gasteiger partial charge < -0.3 is 10.6 Å². The molecule has 28 heavy (non-hydrogen) atoms. The van der Waals surface area contributed by atoms with Crippen molar-refractivity contribution in [2.24, 2.45) is 5.41 Å². The van der Waals surface area contributed by atoms with Crippen LogP contribution in [0.1, 0.15) is 54.3 Å². The van der Waals surface area contributed by atoms with Gasteiger partial charge >= 0.3 is 0 Å². The van der Waals surface area contributed by atoms with Crippen molar-refractivity contribution < 1.29 is 9.59 Å². The van der Waals surface area contributed by atoms with Gasteiger partial charge in [-0.2, -0.15) is 0 Å². The molecule has 0 radical (unpaired) electrons. The Morgan fingerprint density at radius 3 is 1.79 bits per heavy atom.